The van der Waals surface area contributed by atoms with E-state index in [1.54, 1.807) is 0 Å². The molecule has 2 rings (SSSR count). The molecular formula is C14H28N2O3. The van der Waals surface area contributed by atoms with Crippen molar-refractivity contribution >= 4 is 0 Å². The number of β-amino-alcohol motifs (C(OH)–C–C–N with tert-alkyl or cyclic N) is 2. The maximum absolute atomic E-state index is 10.5. The molecule has 0 bridgehead atoms. The van der Waals surface area contributed by atoms with Crippen LogP contribution in [0.5, 0.6) is 0 Å². The summed E-state index contributed by atoms with van der Waals surface area (Å²) in [6.07, 6.45) is 1.79. The summed E-state index contributed by atoms with van der Waals surface area (Å²) in [5.41, 5.74) is -0.625. The molecular weight excluding hydrogens is 244 g/mol. The molecule has 0 radical (unpaired) electrons. The highest BCUT2D eigenvalue weighted by Crippen LogP contribution is 2.25. The number of ether oxygens (including phenoxy) is 1. The van der Waals surface area contributed by atoms with Crippen LogP contribution in [0.3, 0.4) is 0 Å². The van der Waals surface area contributed by atoms with Gasteiger partial charge in [0.05, 0.1) is 13.2 Å². The van der Waals surface area contributed by atoms with Gasteiger partial charge in [-0.15, -0.1) is 0 Å². The molecule has 112 valence electrons. The topological polar surface area (TPSA) is 56.2 Å². The molecule has 0 saturated carbocycles. The summed E-state index contributed by atoms with van der Waals surface area (Å²) in [6.45, 7) is 10.1. The van der Waals surface area contributed by atoms with E-state index in [2.05, 4.69) is 23.6 Å². The van der Waals surface area contributed by atoms with Crippen molar-refractivity contribution in [3.05, 3.63) is 0 Å². The van der Waals surface area contributed by atoms with Crippen LogP contribution in [-0.4, -0.2) is 83.7 Å². The Labute approximate surface area is 116 Å². The third-order valence-corrected chi connectivity index (χ3v) is 4.34. The summed E-state index contributed by atoms with van der Waals surface area (Å²) in [5.74, 6) is 0. The first-order valence-electron chi connectivity index (χ1n) is 7.34. The van der Waals surface area contributed by atoms with E-state index in [4.69, 9.17) is 9.84 Å². The molecule has 0 aromatic rings. The number of hydrogen-bond acceptors (Lipinski definition) is 5. The maximum atomic E-state index is 10.5. The predicted octanol–water partition coefficient (Wildman–Crippen LogP) is -0.0836. The highest BCUT2D eigenvalue weighted by molar-refractivity contribution is 4.93. The molecule has 19 heavy (non-hydrogen) atoms. The van der Waals surface area contributed by atoms with Gasteiger partial charge < -0.3 is 14.9 Å². The van der Waals surface area contributed by atoms with E-state index in [1.807, 2.05) is 0 Å². The van der Waals surface area contributed by atoms with Crippen LogP contribution in [0.2, 0.25) is 0 Å². The average molecular weight is 272 g/mol. The highest BCUT2D eigenvalue weighted by Gasteiger charge is 2.38. The predicted molar refractivity (Wildman–Crippen MR) is 74.2 cm³/mol. The molecule has 5 nitrogen and oxygen atoms in total. The van der Waals surface area contributed by atoms with Crippen molar-refractivity contribution < 1.29 is 14.9 Å². The van der Waals surface area contributed by atoms with Crippen LogP contribution in [0.1, 0.15) is 26.7 Å². The van der Waals surface area contributed by atoms with Crippen LogP contribution in [0.25, 0.3) is 0 Å². The molecule has 5 heteroatoms. The van der Waals surface area contributed by atoms with E-state index in [0.717, 1.165) is 45.6 Å². The van der Waals surface area contributed by atoms with Gasteiger partial charge in [0.25, 0.3) is 0 Å². The molecule has 2 heterocycles. The lowest BCUT2D eigenvalue weighted by molar-refractivity contribution is -0.111. The zero-order chi connectivity index (χ0) is 13.9. The van der Waals surface area contributed by atoms with Crippen molar-refractivity contribution in [1.29, 1.82) is 0 Å². The summed E-state index contributed by atoms with van der Waals surface area (Å²) in [5, 5.41) is 19.6. The molecule has 2 aliphatic rings. The van der Waals surface area contributed by atoms with Gasteiger partial charge in [-0.2, -0.15) is 0 Å². The molecule has 2 N–H and O–H groups in total. The second-order valence-electron chi connectivity index (χ2n) is 6.61. The zero-order valence-electron chi connectivity index (χ0n) is 12.3. The lowest BCUT2D eigenvalue weighted by atomic mass is 9.93. The van der Waals surface area contributed by atoms with Gasteiger partial charge >= 0.3 is 0 Å². The first-order chi connectivity index (χ1) is 8.95. The Bertz CT molecular complexity index is 290. The molecule has 2 saturated heterocycles. The van der Waals surface area contributed by atoms with Gasteiger partial charge in [0, 0.05) is 44.9 Å². The first kappa shape index (κ1) is 15.2. The normalized spacial score (nSPS) is 33.5. The third-order valence-electron chi connectivity index (χ3n) is 4.34. The monoisotopic (exact) mass is 272 g/mol. The average Bonchev–Trinajstić information content (AvgIpc) is 2.32. The minimum Gasteiger partial charge on any atom is -0.395 e. The van der Waals surface area contributed by atoms with Gasteiger partial charge in [0.2, 0.25) is 0 Å². The van der Waals surface area contributed by atoms with E-state index < -0.39 is 5.60 Å². The fourth-order valence-electron chi connectivity index (χ4n) is 3.34. The van der Waals surface area contributed by atoms with Crippen LogP contribution >= 0.6 is 0 Å². The Kier molecular flexibility index (Phi) is 4.84. The van der Waals surface area contributed by atoms with Gasteiger partial charge in [-0.25, -0.2) is 0 Å². The Morgan fingerprint density at radius 2 is 2.05 bits per heavy atom. The number of rotatable bonds is 4. The van der Waals surface area contributed by atoms with Crippen molar-refractivity contribution in [2.45, 2.75) is 37.8 Å². The summed E-state index contributed by atoms with van der Waals surface area (Å²) < 4.78 is 5.42. The van der Waals surface area contributed by atoms with Crippen LogP contribution in [-0.2, 0) is 4.74 Å². The SMILES string of the molecule is CC1(C)CN(CC2(O)CCCOC2)CCN1CCO. The fraction of sp³-hybridized carbons (Fsp3) is 1.00. The van der Waals surface area contributed by atoms with Gasteiger partial charge in [0.15, 0.2) is 0 Å². The number of piperazine rings is 1. The van der Waals surface area contributed by atoms with Crippen molar-refractivity contribution in [3.8, 4) is 0 Å². The number of aliphatic hydroxyl groups is 2. The lowest BCUT2D eigenvalue weighted by Crippen LogP contribution is -2.62. The van der Waals surface area contributed by atoms with Crippen LogP contribution in [0, 0.1) is 0 Å². The highest BCUT2D eigenvalue weighted by atomic mass is 16.5. The number of nitrogens with zero attached hydrogens (tertiary/aromatic N) is 2. The first-order valence-corrected chi connectivity index (χ1v) is 7.34. The molecule has 1 unspecified atom stereocenters. The van der Waals surface area contributed by atoms with Crippen molar-refractivity contribution in [2.75, 3.05) is 52.5 Å². The van der Waals surface area contributed by atoms with Crippen molar-refractivity contribution in [1.82, 2.24) is 9.80 Å². The Morgan fingerprint density at radius 1 is 1.26 bits per heavy atom. The minimum atomic E-state index is -0.673. The lowest BCUT2D eigenvalue weighted by Gasteiger charge is -2.49. The molecule has 0 amide bonds. The van der Waals surface area contributed by atoms with E-state index in [0.29, 0.717) is 13.2 Å². The Balaban J connectivity index is 1.89. The van der Waals surface area contributed by atoms with Crippen LogP contribution in [0.15, 0.2) is 0 Å². The van der Waals surface area contributed by atoms with Crippen molar-refractivity contribution in [3.63, 3.8) is 0 Å². The molecule has 0 spiro atoms. The second kappa shape index (κ2) is 6.06. The van der Waals surface area contributed by atoms with Crippen LogP contribution < -0.4 is 0 Å². The quantitative estimate of drug-likeness (QED) is 0.749. The molecule has 0 aliphatic carbocycles. The van der Waals surface area contributed by atoms with Gasteiger partial charge in [0.1, 0.15) is 5.60 Å². The summed E-state index contributed by atoms with van der Waals surface area (Å²) in [7, 11) is 0. The number of hydrogen-bond donors (Lipinski definition) is 2. The zero-order valence-corrected chi connectivity index (χ0v) is 12.3. The second-order valence-corrected chi connectivity index (χ2v) is 6.61. The molecule has 2 fully saturated rings. The Hall–Kier alpha value is -0.200. The van der Waals surface area contributed by atoms with E-state index >= 15 is 0 Å². The fourth-order valence-corrected chi connectivity index (χ4v) is 3.34. The molecule has 1 atom stereocenters. The van der Waals surface area contributed by atoms with Crippen molar-refractivity contribution in [2.24, 2.45) is 0 Å². The molecule has 2 aliphatic heterocycles. The van der Waals surface area contributed by atoms with E-state index in [-0.39, 0.29) is 12.1 Å². The van der Waals surface area contributed by atoms with E-state index in [9.17, 15) is 5.11 Å². The van der Waals surface area contributed by atoms with Crippen LogP contribution in [0.4, 0.5) is 0 Å². The number of aliphatic hydroxyl groups excluding tert-OH is 1. The smallest absolute Gasteiger partial charge is 0.101 e. The summed E-state index contributed by atoms with van der Waals surface area (Å²) >= 11 is 0. The summed E-state index contributed by atoms with van der Waals surface area (Å²) in [4.78, 5) is 4.66. The molecule has 0 aromatic carbocycles. The minimum absolute atomic E-state index is 0.0485. The largest absolute Gasteiger partial charge is 0.395 e. The van der Waals surface area contributed by atoms with Gasteiger partial charge in [-0.05, 0) is 26.7 Å². The van der Waals surface area contributed by atoms with E-state index in [1.165, 1.54) is 0 Å². The van der Waals surface area contributed by atoms with Gasteiger partial charge in [-0.1, -0.05) is 0 Å². The standard InChI is InChI=1S/C14H28N2O3/c1-13(2)10-15(5-6-16(13)7-8-17)11-14(18)4-3-9-19-12-14/h17-18H,3-12H2,1-2H3. The maximum Gasteiger partial charge on any atom is 0.101 e. The Morgan fingerprint density at radius 3 is 2.63 bits per heavy atom. The molecule has 0 aromatic heterocycles. The summed E-state index contributed by atoms with van der Waals surface area (Å²) in [6, 6.07) is 0. The third kappa shape index (κ3) is 3.89. The van der Waals surface area contributed by atoms with Gasteiger partial charge in [-0.3, -0.25) is 9.80 Å².